The number of piperazine rings is 1. The first-order valence-corrected chi connectivity index (χ1v) is 8.99. The van der Waals surface area contributed by atoms with Gasteiger partial charge in [0, 0.05) is 31.0 Å². The second kappa shape index (κ2) is 8.03. The third-order valence-corrected chi connectivity index (χ3v) is 4.64. The number of rotatable bonds is 5. The molecule has 1 fully saturated rings. The fourth-order valence-corrected chi connectivity index (χ4v) is 3.02. The molecular weight excluding hydrogens is 342 g/mol. The fourth-order valence-electron chi connectivity index (χ4n) is 3.02. The second-order valence-electron chi connectivity index (χ2n) is 6.80. The standard InChI is InChI=1S/C21H23N3O3/c1-15-8-10-17(11-9-15)22-19(25)16(2)14-23-12-13-24(21(27)20(23)26)18-6-4-3-5-7-18/h3-11,16H,12-14H2,1-2H3,(H,22,25)/t16-/m1/s1. The number of amides is 3. The quantitative estimate of drug-likeness (QED) is 0.828. The Bertz CT molecular complexity index is 834. The molecule has 1 aliphatic rings. The van der Waals surface area contributed by atoms with Gasteiger partial charge in [-0.1, -0.05) is 42.8 Å². The number of hydrogen-bond acceptors (Lipinski definition) is 3. The predicted octanol–water partition coefficient (Wildman–Crippen LogP) is 2.45. The van der Waals surface area contributed by atoms with Crippen LogP contribution >= 0.6 is 0 Å². The summed E-state index contributed by atoms with van der Waals surface area (Å²) in [5.74, 6) is -1.73. The Kier molecular flexibility index (Phi) is 5.54. The lowest BCUT2D eigenvalue weighted by molar-refractivity contribution is -0.147. The number of benzene rings is 2. The zero-order valence-electron chi connectivity index (χ0n) is 15.5. The minimum atomic E-state index is -0.569. The molecule has 6 nitrogen and oxygen atoms in total. The molecule has 27 heavy (non-hydrogen) atoms. The zero-order valence-corrected chi connectivity index (χ0v) is 15.5. The summed E-state index contributed by atoms with van der Waals surface area (Å²) in [6.07, 6.45) is 0. The molecule has 1 saturated heterocycles. The number of para-hydroxylation sites is 1. The third kappa shape index (κ3) is 4.34. The summed E-state index contributed by atoms with van der Waals surface area (Å²) in [6.45, 7) is 4.77. The molecule has 3 amide bonds. The average Bonchev–Trinajstić information content (AvgIpc) is 2.68. The van der Waals surface area contributed by atoms with Gasteiger partial charge < -0.3 is 15.1 Å². The smallest absolute Gasteiger partial charge is 0.316 e. The summed E-state index contributed by atoms with van der Waals surface area (Å²) < 4.78 is 0. The van der Waals surface area contributed by atoms with Crippen LogP contribution in [-0.4, -0.2) is 42.3 Å². The van der Waals surface area contributed by atoms with E-state index in [9.17, 15) is 14.4 Å². The van der Waals surface area contributed by atoms with Crippen molar-refractivity contribution in [1.82, 2.24) is 4.90 Å². The van der Waals surface area contributed by atoms with E-state index in [1.807, 2.05) is 49.4 Å². The number of aryl methyl sites for hydroxylation is 1. The van der Waals surface area contributed by atoms with Gasteiger partial charge in [-0.2, -0.15) is 0 Å². The highest BCUT2D eigenvalue weighted by molar-refractivity contribution is 6.41. The summed E-state index contributed by atoms with van der Waals surface area (Å²) in [6, 6.07) is 16.7. The maximum atomic E-state index is 12.5. The number of nitrogens with zero attached hydrogens (tertiary/aromatic N) is 2. The molecule has 1 aliphatic heterocycles. The second-order valence-corrected chi connectivity index (χ2v) is 6.80. The first-order valence-electron chi connectivity index (χ1n) is 8.99. The summed E-state index contributed by atoms with van der Waals surface area (Å²) in [5, 5.41) is 2.85. The molecule has 2 aromatic rings. The Morgan fingerprint density at radius 2 is 1.67 bits per heavy atom. The third-order valence-electron chi connectivity index (χ3n) is 4.64. The molecule has 0 radical (unpaired) electrons. The van der Waals surface area contributed by atoms with Gasteiger partial charge in [-0.15, -0.1) is 0 Å². The van der Waals surface area contributed by atoms with Gasteiger partial charge in [-0.25, -0.2) is 0 Å². The number of carbonyl (C=O) groups is 3. The Morgan fingerprint density at radius 3 is 2.33 bits per heavy atom. The molecule has 0 unspecified atom stereocenters. The normalized spacial score (nSPS) is 15.6. The summed E-state index contributed by atoms with van der Waals surface area (Å²) in [4.78, 5) is 40.3. The van der Waals surface area contributed by atoms with Crippen molar-refractivity contribution in [3.63, 3.8) is 0 Å². The maximum Gasteiger partial charge on any atom is 0.316 e. The first-order chi connectivity index (χ1) is 13.0. The molecular formula is C21H23N3O3. The van der Waals surface area contributed by atoms with Crippen molar-refractivity contribution in [3.8, 4) is 0 Å². The van der Waals surface area contributed by atoms with Crippen LogP contribution in [0.5, 0.6) is 0 Å². The van der Waals surface area contributed by atoms with Crippen molar-refractivity contribution < 1.29 is 14.4 Å². The van der Waals surface area contributed by atoms with Crippen LogP contribution in [0.15, 0.2) is 54.6 Å². The number of anilines is 2. The minimum absolute atomic E-state index is 0.176. The van der Waals surface area contributed by atoms with E-state index >= 15 is 0 Å². The molecule has 0 spiro atoms. The first kappa shape index (κ1) is 18.6. The lowest BCUT2D eigenvalue weighted by Gasteiger charge is -2.34. The van der Waals surface area contributed by atoms with Crippen molar-refractivity contribution in [1.29, 1.82) is 0 Å². The Hall–Kier alpha value is -3.15. The van der Waals surface area contributed by atoms with E-state index in [0.717, 1.165) is 5.56 Å². The van der Waals surface area contributed by atoms with E-state index in [1.165, 1.54) is 9.80 Å². The van der Waals surface area contributed by atoms with Crippen molar-refractivity contribution in [2.45, 2.75) is 13.8 Å². The predicted molar refractivity (Wildman–Crippen MR) is 104 cm³/mol. The molecule has 1 N–H and O–H groups in total. The molecule has 0 aromatic heterocycles. The summed E-state index contributed by atoms with van der Waals surface area (Å²) in [7, 11) is 0. The van der Waals surface area contributed by atoms with Crippen LogP contribution in [0.1, 0.15) is 12.5 Å². The van der Waals surface area contributed by atoms with Crippen molar-refractivity contribution in [3.05, 3.63) is 60.2 Å². The SMILES string of the molecule is Cc1ccc(NC(=O)[C@H](C)CN2CCN(c3ccccc3)C(=O)C2=O)cc1. The summed E-state index contributed by atoms with van der Waals surface area (Å²) in [5.41, 5.74) is 2.54. The maximum absolute atomic E-state index is 12.5. The molecule has 0 bridgehead atoms. The van der Waals surface area contributed by atoms with Crippen LogP contribution in [0, 0.1) is 12.8 Å². The molecule has 0 saturated carbocycles. The van der Waals surface area contributed by atoms with Crippen molar-refractivity contribution >= 4 is 29.1 Å². The largest absolute Gasteiger partial charge is 0.332 e. The van der Waals surface area contributed by atoms with Gasteiger partial charge in [0.25, 0.3) is 0 Å². The van der Waals surface area contributed by atoms with Crippen molar-refractivity contribution in [2.24, 2.45) is 5.92 Å². The van der Waals surface area contributed by atoms with Crippen LogP contribution in [0.4, 0.5) is 11.4 Å². The van der Waals surface area contributed by atoms with Crippen LogP contribution in [0.2, 0.25) is 0 Å². The van der Waals surface area contributed by atoms with Crippen LogP contribution in [0.25, 0.3) is 0 Å². The van der Waals surface area contributed by atoms with E-state index in [2.05, 4.69) is 5.32 Å². The number of nitrogens with one attached hydrogen (secondary N) is 1. The highest BCUT2D eigenvalue weighted by Gasteiger charge is 2.34. The molecule has 1 heterocycles. The fraction of sp³-hybridized carbons (Fsp3) is 0.286. The molecule has 6 heteroatoms. The van der Waals surface area contributed by atoms with Gasteiger partial charge in [0.15, 0.2) is 0 Å². The van der Waals surface area contributed by atoms with Gasteiger partial charge >= 0.3 is 11.8 Å². The van der Waals surface area contributed by atoms with Gasteiger partial charge in [-0.3, -0.25) is 14.4 Å². The topological polar surface area (TPSA) is 69.7 Å². The molecule has 140 valence electrons. The Labute approximate surface area is 158 Å². The molecule has 0 aliphatic carbocycles. The van der Waals surface area contributed by atoms with Gasteiger partial charge in [-0.05, 0) is 31.2 Å². The highest BCUT2D eigenvalue weighted by atomic mass is 16.2. The molecule has 1 atom stereocenters. The van der Waals surface area contributed by atoms with Crippen LogP contribution in [-0.2, 0) is 14.4 Å². The highest BCUT2D eigenvalue weighted by Crippen LogP contribution is 2.18. The minimum Gasteiger partial charge on any atom is -0.332 e. The molecule has 2 aromatic carbocycles. The number of carbonyl (C=O) groups excluding carboxylic acids is 3. The van der Waals surface area contributed by atoms with Gasteiger partial charge in [0.1, 0.15) is 0 Å². The Balaban J connectivity index is 1.59. The van der Waals surface area contributed by atoms with E-state index in [0.29, 0.717) is 24.5 Å². The average molecular weight is 365 g/mol. The van der Waals surface area contributed by atoms with E-state index in [-0.39, 0.29) is 12.5 Å². The number of hydrogen-bond donors (Lipinski definition) is 1. The van der Waals surface area contributed by atoms with E-state index in [1.54, 1.807) is 19.1 Å². The monoisotopic (exact) mass is 365 g/mol. The van der Waals surface area contributed by atoms with Crippen LogP contribution in [0.3, 0.4) is 0 Å². The van der Waals surface area contributed by atoms with Gasteiger partial charge in [0.05, 0.1) is 5.92 Å². The van der Waals surface area contributed by atoms with Gasteiger partial charge in [0.2, 0.25) is 5.91 Å². The Morgan fingerprint density at radius 1 is 1.00 bits per heavy atom. The van der Waals surface area contributed by atoms with Crippen LogP contribution < -0.4 is 10.2 Å². The van der Waals surface area contributed by atoms with Crippen molar-refractivity contribution in [2.75, 3.05) is 29.9 Å². The van der Waals surface area contributed by atoms with E-state index < -0.39 is 17.7 Å². The lowest BCUT2D eigenvalue weighted by Crippen LogP contribution is -2.55. The van der Waals surface area contributed by atoms with E-state index in [4.69, 9.17) is 0 Å². The lowest BCUT2D eigenvalue weighted by atomic mass is 10.1. The molecule has 3 rings (SSSR count). The zero-order chi connectivity index (χ0) is 19.4. The summed E-state index contributed by atoms with van der Waals surface area (Å²) >= 11 is 0.